The SMILES string of the molecule is Nc1cccc(C(=O)NC(c2ccccc2)C2CCC2)c1. The molecule has 3 rings (SSSR count). The minimum atomic E-state index is -0.0527. The van der Waals surface area contributed by atoms with Crippen LogP contribution >= 0.6 is 0 Å². The van der Waals surface area contributed by atoms with Gasteiger partial charge in [0.15, 0.2) is 0 Å². The van der Waals surface area contributed by atoms with Gasteiger partial charge >= 0.3 is 0 Å². The van der Waals surface area contributed by atoms with Crippen molar-refractivity contribution in [1.29, 1.82) is 0 Å². The Bertz CT molecular complexity index is 620. The number of hydrogen-bond donors (Lipinski definition) is 2. The van der Waals surface area contributed by atoms with Crippen LogP contribution in [0.5, 0.6) is 0 Å². The lowest BCUT2D eigenvalue weighted by molar-refractivity contribution is 0.0900. The van der Waals surface area contributed by atoms with Crippen molar-refractivity contribution in [3.8, 4) is 0 Å². The molecule has 2 aromatic rings. The van der Waals surface area contributed by atoms with E-state index in [1.54, 1.807) is 18.2 Å². The quantitative estimate of drug-likeness (QED) is 0.842. The summed E-state index contributed by atoms with van der Waals surface area (Å²) in [5.41, 5.74) is 8.17. The zero-order valence-corrected chi connectivity index (χ0v) is 12.0. The normalized spacial score (nSPS) is 16.0. The molecule has 0 radical (unpaired) electrons. The van der Waals surface area contributed by atoms with E-state index in [2.05, 4.69) is 17.4 Å². The molecular formula is C18H20N2O. The molecule has 1 aliphatic carbocycles. The molecule has 2 aromatic carbocycles. The fourth-order valence-electron chi connectivity index (χ4n) is 2.81. The summed E-state index contributed by atoms with van der Waals surface area (Å²) in [6.45, 7) is 0. The maximum absolute atomic E-state index is 12.5. The topological polar surface area (TPSA) is 55.1 Å². The van der Waals surface area contributed by atoms with Crippen molar-refractivity contribution in [2.75, 3.05) is 5.73 Å². The Morgan fingerprint density at radius 2 is 1.86 bits per heavy atom. The number of nitrogens with two attached hydrogens (primary N) is 1. The lowest BCUT2D eigenvalue weighted by atomic mass is 9.77. The summed E-state index contributed by atoms with van der Waals surface area (Å²) in [5, 5.41) is 3.18. The average molecular weight is 280 g/mol. The summed E-state index contributed by atoms with van der Waals surface area (Å²) in [6, 6.07) is 17.4. The van der Waals surface area contributed by atoms with Gasteiger partial charge in [0.1, 0.15) is 0 Å². The third kappa shape index (κ3) is 3.07. The third-order valence-corrected chi connectivity index (χ3v) is 4.22. The third-order valence-electron chi connectivity index (χ3n) is 4.22. The minimum absolute atomic E-state index is 0.0527. The van der Waals surface area contributed by atoms with Crippen LogP contribution in [0.15, 0.2) is 54.6 Å². The molecule has 0 aliphatic heterocycles. The van der Waals surface area contributed by atoms with Crippen molar-refractivity contribution in [3.05, 3.63) is 65.7 Å². The van der Waals surface area contributed by atoms with E-state index < -0.39 is 0 Å². The van der Waals surface area contributed by atoms with Crippen LogP contribution in [0.3, 0.4) is 0 Å². The van der Waals surface area contributed by atoms with Crippen LogP contribution in [0.25, 0.3) is 0 Å². The van der Waals surface area contributed by atoms with Gasteiger partial charge in [0.25, 0.3) is 5.91 Å². The molecule has 0 heterocycles. The van der Waals surface area contributed by atoms with E-state index in [9.17, 15) is 4.79 Å². The summed E-state index contributed by atoms with van der Waals surface area (Å²) in [5.74, 6) is 0.487. The maximum atomic E-state index is 12.5. The number of benzene rings is 2. The first-order valence-electron chi connectivity index (χ1n) is 7.45. The molecule has 1 atom stereocenters. The van der Waals surface area contributed by atoms with Crippen molar-refractivity contribution in [2.45, 2.75) is 25.3 Å². The Morgan fingerprint density at radius 1 is 1.10 bits per heavy atom. The fraction of sp³-hybridized carbons (Fsp3) is 0.278. The van der Waals surface area contributed by atoms with Gasteiger partial charge in [-0.25, -0.2) is 0 Å². The highest BCUT2D eigenvalue weighted by Gasteiger charge is 2.29. The van der Waals surface area contributed by atoms with Crippen LogP contribution in [0.2, 0.25) is 0 Å². The van der Waals surface area contributed by atoms with Crippen LogP contribution in [0.4, 0.5) is 5.69 Å². The molecule has 21 heavy (non-hydrogen) atoms. The predicted octanol–water partition coefficient (Wildman–Crippen LogP) is 3.54. The monoisotopic (exact) mass is 280 g/mol. The maximum Gasteiger partial charge on any atom is 0.251 e. The molecule has 3 nitrogen and oxygen atoms in total. The molecule has 1 amide bonds. The van der Waals surface area contributed by atoms with Gasteiger partial charge in [0, 0.05) is 11.3 Å². The van der Waals surface area contributed by atoms with Gasteiger partial charge in [-0.05, 0) is 42.5 Å². The summed E-state index contributed by atoms with van der Waals surface area (Å²) in [6.07, 6.45) is 3.61. The van der Waals surface area contributed by atoms with E-state index in [0.717, 1.165) is 0 Å². The zero-order chi connectivity index (χ0) is 14.7. The smallest absolute Gasteiger partial charge is 0.251 e. The molecule has 3 heteroatoms. The molecule has 1 aliphatic rings. The van der Waals surface area contributed by atoms with Crippen LogP contribution < -0.4 is 11.1 Å². The number of amides is 1. The van der Waals surface area contributed by atoms with E-state index in [4.69, 9.17) is 5.73 Å². The first-order chi connectivity index (χ1) is 10.2. The largest absolute Gasteiger partial charge is 0.399 e. The van der Waals surface area contributed by atoms with Gasteiger partial charge in [0.2, 0.25) is 0 Å². The van der Waals surface area contributed by atoms with E-state index >= 15 is 0 Å². The van der Waals surface area contributed by atoms with Crippen molar-refractivity contribution in [2.24, 2.45) is 5.92 Å². The molecule has 0 saturated heterocycles. The molecule has 3 N–H and O–H groups in total. The van der Waals surface area contributed by atoms with Gasteiger partial charge in [-0.1, -0.05) is 42.8 Å². The lowest BCUT2D eigenvalue weighted by Gasteiger charge is -2.34. The zero-order valence-electron chi connectivity index (χ0n) is 12.0. The van der Waals surface area contributed by atoms with Crippen LogP contribution in [-0.4, -0.2) is 5.91 Å². The van der Waals surface area contributed by atoms with Crippen molar-refractivity contribution >= 4 is 11.6 Å². The van der Waals surface area contributed by atoms with E-state index in [0.29, 0.717) is 17.2 Å². The van der Waals surface area contributed by atoms with E-state index in [1.165, 1.54) is 24.8 Å². The van der Waals surface area contributed by atoms with Crippen molar-refractivity contribution < 1.29 is 4.79 Å². The summed E-state index contributed by atoms with van der Waals surface area (Å²) < 4.78 is 0. The number of anilines is 1. The Hall–Kier alpha value is -2.29. The lowest BCUT2D eigenvalue weighted by Crippen LogP contribution is -2.36. The summed E-state index contributed by atoms with van der Waals surface area (Å²) in [4.78, 5) is 12.5. The highest BCUT2D eigenvalue weighted by atomic mass is 16.1. The number of hydrogen-bond acceptors (Lipinski definition) is 2. The van der Waals surface area contributed by atoms with Gasteiger partial charge in [-0.2, -0.15) is 0 Å². The molecule has 1 saturated carbocycles. The Morgan fingerprint density at radius 3 is 2.48 bits per heavy atom. The molecule has 0 aromatic heterocycles. The van der Waals surface area contributed by atoms with Gasteiger partial charge < -0.3 is 11.1 Å². The highest BCUT2D eigenvalue weighted by Crippen LogP contribution is 2.37. The van der Waals surface area contributed by atoms with Crippen molar-refractivity contribution in [3.63, 3.8) is 0 Å². The minimum Gasteiger partial charge on any atom is -0.399 e. The predicted molar refractivity (Wildman–Crippen MR) is 84.8 cm³/mol. The van der Waals surface area contributed by atoms with Gasteiger partial charge in [0.05, 0.1) is 6.04 Å². The Balaban J connectivity index is 1.80. The van der Waals surface area contributed by atoms with E-state index in [-0.39, 0.29) is 11.9 Å². The molecular weight excluding hydrogens is 260 g/mol. The number of rotatable bonds is 4. The first kappa shape index (κ1) is 13.7. The van der Waals surface area contributed by atoms with Crippen molar-refractivity contribution in [1.82, 2.24) is 5.32 Å². The van der Waals surface area contributed by atoms with Crippen LogP contribution in [-0.2, 0) is 0 Å². The second-order valence-electron chi connectivity index (χ2n) is 5.68. The molecule has 0 bridgehead atoms. The average Bonchev–Trinajstić information content (AvgIpc) is 2.45. The molecule has 108 valence electrons. The Labute approximate surface area is 125 Å². The fourth-order valence-corrected chi connectivity index (χ4v) is 2.81. The number of carbonyl (C=O) groups excluding carboxylic acids is 1. The first-order valence-corrected chi connectivity index (χ1v) is 7.45. The highest BCUT2D eigenvalue weighted by molar-refractivity contribution is 5.95. The molecule has 1 fully saturated rings. The second-order valence-corrected chi connectivity index (χ2v) is 5.68. The molecule has 0 spiro atoms. The second kappa shape index (κ2) is 6.00. The number of carbonyl (C=O) groups is 1. The number of nitrogen functional groups attached to an aromatic ring is 1. The summed E-state index contributed by atoms with van der Waals surface area (Å²) >= 11 is 0. The van der Waals surface area contributed by atoms with Gasteiger partial charge in [-0.15, -0.1) is 0 Å². The Kier molecular flexibility index (Phi) is 3.91. The van der Waals surface area contributed by atoms with Gasteiger partial charge in [-0.3, -0.25) is 4.79 Å². The van der Waals surface area contributed by atoms with E-state index in [1.807, 2.05) is 24.3 Å². The van der Waals surface area contributed by atoms with Crippen LogP contribution in [0, 0.1) is 5.92 Å². The number of nitrogens with one attached hydrogen (secondary N) is 1. The van der Waals surface area contributed by atoms with Crippen LogP contribution in [0.1, 0.15) is 41.2 Å². The summed E-state index contributed by atoms with van der Waals surface area (Å²) in [7, 11) is 0. The standard InChI is InChI=1S/C18H20N2O/c19-16-11-5-10-15(12-16)18(21)20-17(14-8-4-9-14)13-6-2-1-3-7-13/h1-3,5-7,10-12,14,17H,4,8-9,19H2,(H,20,21). The molecule has 1 unspecified atom stereocenters.